The summed E-state index contributed by atoms with van der Waals surface area (Å²) in [5.41, 5.74) is 1.92. The molecule has 0 atom stereocenters. The van der Waals surface area contributed by atoms with Crippen LogP contribution in [0.3, 0.4) is 0 Å². The Morgan fingerprint density at radius 2 is 1.96 bits per heavy atom. The molecule has 1 fully saturated rings. The molecule has 1 aliphatic rings. The Bertz CT molecular complexity index is 840. The second-order valence-electron chi connectivity index (χ2n) is 6.85. The van der Waals surface area contributed by atoms with Crippen molar-refractivity contribution in [3.63, 3.8) is 0 Å². The van der Waals surface area contributed by atoms with E-state index >= 15 is 0 Å². The van der Waals surface area contributed by atoms with Crippen molar-refractivity contribution >= 4 is 17.3 Å². The number of piperidine rings is 1. The molecule has 3 aromatic rings. The Balaban J connectivity index is 1.41. The van der Waals surface area contributed by atoms with Crippen LogP contribution in [0.1, 0.15) is 12.8 Å². The van der Waals surface area contributed by atoms with Gasteiger partial charge in [-0.1, -0.05) is 0 Å². The van der Waals surface area contributed by atoms with Crippen molar-refractivity contribution in [3.05, 3.63) is 49.3 Å². The molecule has 0 saturated carbocycles. The van der Waals surface area contributed by atoms with Crippen LogP contribution in [0.4, 0.5) is 17.3 Å². The fourth-order valence-electron chi connectivity index (χ4n) is 3.36. The van der Waals surface area contributed by atoms with Gasteiger partial charge in [0.1, 0.15) is 30.6 Å². The molecule has 0 bridgehead atoms. The summed E-state index contributed by atoms with van der Waals surface area (Å²) < 4.78 is 1.72. The predicted molar refractivity (Wildman–Crippen MR) is 106 cm³/mol. The minimum atomic E-state index is 0.715. The molecule has 1 aliphatic heterocycles. The largest absolute Gasteiger partial charge is 0.359 e. The smallest absolute Gasteiger partial charge is 0.138 e. The first-order valence-electron chi connectivity index (χ1n) is 9.24. The summed E-state index contributed by atoms with van der Waals surface area (Å²) in [6.45, 7) is 3.24. The van der Waals surface area contributed by atoms with Crippen LogP contribution in [0.2, 0.25) is 0 Å². The molecule has 0 radical (unpaired) electrons. The lowest BCUT2D eigenvalue weighted by Crippen LogP contribution is -2.34. The summed E-state index contributed by atoms with van der Waals surface area (Å²) in [7, 11) is 2.10. The fraction of sp³-hybridized carbons (Fsp3) is 0.368. The maximum absolute atomic E-state index is 4.43. The van der Waals surface area contributed by atoms with Gasteiger partial charge < -0.3 is 15.5 Å². The number of hydrogen-bond acceptors (Lipinski definition) is 7. The zero-order chi connectivity index (χ0) is 18.5. The molecule has 1 aromatic carbocycles. The molecule has 1 saturated heterocycles. The Hall–Kier alpha value is -3.00. The fourth-order valence-corrected chi connectivity index (χ4v) is 3.36. The molecule has 0 amide bonds. The highest BCUT2D eigenvalue weighted by Crippen LogP contribution is 2.21. The first-order chi connectivity index (χ1) is 13.3. The molecule has 27 heavy (non-hydrogen) atoms. The van der Waals surface area contributed by atoms with Crippen molar-refractivity contribution < 1.29 is 0 Å². The van der Waals surface area contributed by atoms with Gasteiger partial charge in [0.25, 0.3) is 0 Å². The van der Waals surface area contributed by atoms with E-state index in [0.717, 1.165) is 42.6 Å². The molecule has 8 nitrogen and oxygen atoms in total. The van der Waals surface area contributed by atoms with E-state index in [9.17, 15) is 0 Å². The quantitative estimate of drug-likeness (QED) is 0.694. The van der Waals surface area contributed by atoms with Crippen molar-refractivity contribution in [1.82, 2.24) is 30.0 Å². The van der Waals surface area contributed by atoms with E-state index in [0.29, 0.717) is 5.92 Å². The number of benzene rings is 1. The van der Waals surface area contributed by atoms with Crippen LogP contribution >= 0.6 is 0 Å². The molecular formula is C19H24N8. The van der Waals surface area contributed by atoms with Gasteiger partial charge >= 0.3 is 0 Å². The molecule has 4 rings (SSSR count). The zero-order valence-corrected chi connectivity index (χ0v) is 15.4. The lowest BCUT2D eigenvalue weighted by molar-refractivity contribution is 0.377. The maximum Gasteiger partial charge on any atom is 0.138 e. The van der Waals surface area contributed by atoms with Crippen molar-refractivity contribution in [2.45, 2.75) is 12.8 Å². The summed E-state index contributed by atoms with van der Waals surface area (Å²) in [6.07, 6.45) is 7.25. The molecule has 2 aromatic heterocycles. The van der Waals surface area contributed by atoms with Crippen molar-refractivity contribution in [2.24, 2.45) is 5.92 Å². The summed E-state index contributed by atoms with van der Waals surface area (Å²) in [6, 6.07) is 9.96. The van der Waals surface area contributed by atoms with Crippen molar-refractivity contribution in [2.75, 3.05) is 36.9 Å². The molecule has 2 N–H and O–H groups in total. The minimum absolute atomic E-state index is 0.715. The average Bonchev–Trinajstić information content (AvgIpc) is 3.24. The molecule has 140 valence electrons. The van der Waals surface area contributed by atoms with Crippen LogP contribution in [0.5, 0.6) is 0 Å². The van der Waals surface area contributed by atoms with Crippen molar-refractivity contribution in [3.8, 4) is 5.69 Å². The second kappa shape index (κ2) is 8.13. The number of aromatic nitrogens is 5. The standard InChI is InChI=1S/C19H24N8/c1-26(11-15-6-8-20-9-7-15)19-10-18(22-13-23-19)25-16-2-4-17(5-3-16)27-14-21-12-24-27/h2-5,10,12-15,20H,6-9,11H2,1H3,(H,22,23,25). The van der Waals surface area contributed by atoms with Gasteiger partial charge in [0.2, 0.25) is 0 Å². The van der Waals surface area contributed by atoms with Crippen LogP contribution < -0.4 is 15.5 Å². The SMILES string of the molecule is CN(CC1CCNCC1)c1cc(Nc2ccc(-n3cncn3)cc2)ncn1. The topological polar surface area (TPSA) is 83.8 Å². The molecule has 0 aliphatic carbocycles. The third-order valence-corrected chi connectivity index (χ3v) is 4.86. The van der Waals surface area contributed by atoms with Gasteiger partial charge in [-0.2, -0.15) is 5.10 Å². The minimum Gasteiger partial charge on any atom is -0.359 e. The van der Waals surface area contributed by atoms with E-state index in [1.165, 1.54) is 19.2 Å². The second-order valence-corrected chi connectivity index (χ2v) is 6.85. The third kappa shape index (κ3) is 4.40. The average molecular weight is 364 g/mol. The maximum atomic E-state index is 4.43. The number of hydrogen-bond donors (Lipinski definition) is 2. The van der Waals surface area contributed by atoms with Crippen LogP contribution in [-0.2, 0) is 0 Å². The van der Waals surface area contributed by atoms with E-state index in [1.54, 1.807) is 17.3 Å². The van der Waals surface area contributed by atoms with Crippen LogP contribution in [0, 0.1) is 5.92 Å². The van der Waals surface area contributed by atoms with Gasteiger partial charge in [-0.05, 0) is 56.1 Å². The van der Waals surface area contributed by atoms with Gasteiger partial charge in [0.15, 0.2) is 0 Å². The van der Waals surface area contributed by atoms with E-state index in [-0.39, 0.29) is 0 Å². The number of nitrogens with one attached hydrogen (secondary N) is 2. The molecule has 8 heteroatoms. The predicted octanol–water partition coefficient (Wildman–Crippen LogP) is 2.24. The van der Waals surface area contributed by atoms with Gasteiger partial charge in [-0.15, -0.1) is 0 Å². The molecule has 3 heterocycles. The van der Waals surface area contributed by atoms with Crippen LogP contribution in [0.25, 0.3) is 5.69 Å². The monoisotopic (exact) mass is 364 g/mol. The first-order valence-corrected chi connectivity index (χ1v) is 9.24. The Morgan fingerprint density at radius 3 is 2.70 bits per heavy atom. The van der Waals surface area contributed by atoms with Gasteiger partial charge in [-0.3, -0.25) is 0 Å². The summed E-state index contributed by atoms with van der Waals surface area (Å²) in [4.78, 5) is 15.0. The summed E-state index contributed by atoms with van der Waals surface area (Å²) in [5.74, 6) is 2.43. The Kier molecular flexibility index (Phi) is 5.24. The van der Waals surface area contributed by atoms with Gasteiger partial charge in [0.05, 0.1) is 5.69 Å². The summed E-state index contributed by atoms with van der Waals surface area (Å²) in [5, 5.41) is 10.9. The first kappa shape index (κ1) is 17.4. The lowest BCUT2D eigenvalue weighted by atomic mass is 9.98. The molecule has 0 unspecified atom stereocenters. The van der Waals surface area contributed by atoms with E-state index in [4.69, 9.17) is 0 Å². The molecule has 0 spiro atoms. The number of rotatable bonds is 6. The van der Waals surface area contributed by atoms with E-state index in [2.05, 4.69) is 42.6 Å². The summed E-state index contributed by atoms with van der Waals surface area (Å²) >= 11 is 0. The number of nitrogens with zero attached hydrogens (tertiary/aromatic N) is 6. The highest BCUT2D eigenvalue weighted by atomic mass is 15.3. The van der Waals surface area contributed by atoms with Crippen molar-refractivity contribution in [1.29, 1.82) is 0 Å². The number of anilines is 3. The van der Waals surface area contributed by atoms with Crippen LogP contribution in [0.15, 0.2) is 49.3 Å². The van der Waals surface area contributed by atoms with E-state index in [1.807, 2.05) is 30.3 Å². The van der Waals surface area contributed by atoms with Gasteiger partial charge in [-0.25, -0.2) is 19.6 Å². The third-order valence-electron chi connectivity index (χ3n) is 4.86. The van der Waals surface area contributed by atoms with E-state index < -0.39 is 0 Å². The Labute approximate surface area is 158 Å². The Morgan fingerprint density at radius 1 is 1.15 bits per heavy atom. The highest BCUT2D eigenvalue weighted by Gasteiger charge is 2.16. The highest BCUT2D eigenvalue weighted by molar-refractivity contribution is 5.60. The normalized spacial score (nSPS) is 14.9. The zero-order valence-electron chi connectivity index (χ0n) is 15.4. The van der Waals surface area contributed by atoms with Gasteiger partial charge in [0, 0.05) is 25.3 Å². The van der Waals surface area contributed by atoms with Crippen LogP contribution in [-0.4, -0.2) is 51.4 Å². The lowest BCUT2D eigenvalue weighted by Gasteiger charge is -2.28. The molecular weight excluding hydrogens is 340 g/mol.